The number of unbranched alkanes of at least 4 members (excludes halogenated alkanes) is 1. The van der Waals surface area contributed by atoms with E-state index in [-0.39, 0.29) is 17.8 Å². The molecule has 0 radical (unpaired) electrons. The Kier molecular flexibility index (Phi) is 4.51. The smallest absolute Gasteiger partial charge is 0.165 e. The lowest BCUT2D eigenvalue weighted by Crippen LogP contribution is -2.02. The SMILES string of the molecule is C#CCCCC(=O)c1cccc(Br)c1F. The van der Waals surface area contributed by atoms with Crippen molar-refractivity contribution in [2.45, 2.75) is 19.3 Å². The van der Waals surface area contributed by atoms with Crippen LogP contribution in [0.5, 0.6) is 0 Å². The van der Waals surface area contributed by atoms with Crippen LogP contribution in [0.4, 0.5) is 4.39 Å². The van der Waals surface area contributed by atoms with E-state index < -0.39 is 5.82 Å². The van der Waals surface area contributed by atoms with Gasteiger partial charge >= 0.3 is 0 Å². The van der Waals surface area contributed by atoms with Crippen molar-refractivity contribution < 1.29 is 9.18 Å². The molecule has 0 atom stereocenters. The highest BCUT2D eigenvalue weighted by Crippen LogP contribution is 2.20. The molecule has 1 nitrogen and oxygen atoms in total. The number of Topliss-reactive ketones (excluding diaryl/α,β-unsaturated/α-hetero) is 1. The van der Waals surface area contributed by atoms with E-state index >= 15 is 0 Å². The van der Waals surface area contributed by atoms with Crippen LogP contribution in [0, 0.1) is 18.2 Å². The van der Waals surface area contributed by atoms with Crippen molar-refractivity contribution in [2.24, 2.45) is 0 Å². The minimum absolute atomic E-state index is 0.126. The van der Waals surface area contributed by atoms with Gasteiger partial charge in [-0.2, -0.15) is 0 Å². The number of terminal acetylenes is 1. The fraction of sp³-hybridized carbons (Fsp3) is 0.250. The van der Waals surface area contributed by atoms with E-state index in [0.29, 0.717) is 17.3 Å². The molecule has 0 aliphatic rings. The number of hydrogen-bond donors (Lipinski definition) is 0. The molecule has 0 fully saturated rings. The van der Waals surface area contributed by atoms with Gasteiger partial charge in [-0.25, -0.2) is 4.39 Å². The molecular formula is C12H10BrFO. The first-order valence-electron chi connectivity index (χ1n) is 4.57. The predicted octanol–water partition coefficient (Wildman–Crippen LogP) is 3.57. The highest BCUT2D eigenvalue weighted by Gasteiger charge is 2.12. The molecular weight excluding hydrogens is 259 g/mol. The molecule has 0 aromatic heterocycles. The van der Waals surface area contributed by atoms with Gasteiger partial charge in [-0.1, -0.05) is 6.07 Å². The van der Waals surface area contributed by atoms with Crippen molar-refractivity contribution in [1.82, 2.24) is 0 Å². The van der Waals surface area contributed by atoms with Crippen molar-refractivity contribution in [1.29, 1.82) is 0 Å². The molecule has 0 N–H and O–H groups in total. The number of rotatable bonds is 4. The zero-order valence-electron chi connectivity index (χ0n) is 8.09. The fourth-order valence-corrected chi connectivity index (χ4v) is 1.57. The van der Waals surface area contributed by atoms with Crippen LogP contribution in [0.3, 0.4) is 0 Å². The van der Waals surface area contributed by atoms with Gasteiger partial charge in [-0.05, 0) is 34.5 Å². The third kappa shape index (κ3) is 3.17. The zero-order chi connectivity index (χ0) is 11.3. The summed E-state index contributed by atoms with van der Waals surface area (Å²) < 4.78 is 13.8. The molecule has 0 amide bonds. The molecule has 0 saturated carbocycles. The molecule has 1 rings (SSSR count). The van der Waals surface area contributed by atoms with Crippen LogP contribution < -0.4 is 0 Å². The molecule has 78 valence electrons. The van der Waals surface area contributed by atoms with Crippen molar-refractivity contribution in [3.05, 3.63) is 34.1 Å². The number of carbonyl (C=O) groups excluding carboxylic acids is 1. The maximum absolute atomic E-state index is 13.5. The maximum atomic E-state index is 13.5. The number of hydrogen-bond acceptors (Lipinski definition) is 1. The Morgan fingerprint density at radius 3 is 2.93 bits per heavy atom. The van der Waals surface area contributed by atoms with E-state index in [4.69, 9.17) is 6.42 Å². The van der Waals surface area contributed by atoms with Crippen molar-refractivity contribution in [3.8, 4) is 12.3 Å². The summed E-state index contributed by atoms with van der Waals surface area (Å²) in [4.78, 5) is 11.6. The lowest BCUT2D eigenvalue weighted by Gasteiger charge is -2.02. The van der Waals surface area contributed by atoms with Gasteiger partial charge in [0.25, 0.3) is 0 Å². The Morgan fingerprint density at radius 1 is 1.53 bits per heavy atom. The molecule has 0 heterocycles. The molecule has 0 saturated heterocycles. The largest absolute Gasteiger partial charge is 0.294 e. The Morgan fingerprint density at radius 2 is 2.27 bits per heavy atom. The van der Waals surface area contributed by atoms with Crippen LogP contribution >= 0.6 is 15.9 Å². The summed E-state index contributed by atoms with van der Waals surface area (Å²) in [5.74, 6) is 1.74. The van der Waals surface area contributed by atoms with Crippen molar-refractivity contribution in [2.75, 3.05) is 0 Å². The number of carbonyl (C=O) groups is 1. The number of halogens is 2. The van der Waals surface area contributed by atoms with Crippen LogP contribution in [-0.2, 0) is 0 Å². The third-order valence-corrected chi connectivity index (χ3v) is 2.59. The quantitative estimate of drug-likeness (QED) is 0.464. The zero-order valence-corrected chi connectivity index (χ0v) is 9.68. The van der Waals surface area contributed by atoms with Gasteiger partial charge in [-0.3, -0.25) is 4.79 Å². The van der Waals surface area contributed by atoms with Gasteiger partial charge in [0.05, 0.1) is 10.0 Å². The molecule has 3 heteroatoms. The molecule has 0 aliphatic heterocycles. The first-order chi connectivity index (χ1) is 7.16. The molecule has 1 aromatic rings. The minimum atomic E-state index is -0.497. The Bertz CT molecular complexity index is 407. The molecule has 0 bridgehead atoms. The molecule has 1 aromatic carbocycles. The van der Waals surface area contributed by atoms with Crippen LogP contribution in [0.2, 0.25) is 0 Å². The highest BCUT2D eigenvalue weighted by atomic mass is 79.9. The summed E-state index contributed by atoms with van der Waals surface area (Å²) in [6, 6.07) is 4.69. The second kappa shape index (κ2) is 5.67. The van der Waals surface area contributed by atoms with Crippen LogP contribution in [-0.4, -0.2) is 5.78 Å². The minimum Gasteiger partial charge on any atom is -0.294 e. The van der Waals surface area contributed by atoms with E-state index in [1.54, 1.807) is 12.1 Å². The van der Waals surface area contributed by atoms with E-state index in [2.05, 4.69) is 21.9 Å². The average molecular weight is 269 g/mol. The molecule has 0 spiro atoms. The van der Waals surface area contributed by atoms with Gasteiger partial charge in [-0.15, -0.1) is 12.3 Å². The lowest BCUT2D eigenvalue weighted by molar-refractivity contribution is 0.0976. The van der Waals surface area contributed by atoms with E-state index in [1.165, 1.54) is 6.07 Å². The Hall–Kier alpha value is -1.14. The highest BCUT2D eigenvalue weighted by molar-refractivity contribution is 9.10. The normalized spacial score (nSPS) is 9.67. The maximum Gasteiger partial charge on any atom is 0.165 e. The first-order valence-corrected chi connectivity index (χ1v) is 5.36. The van der Waals surface area contributed by atoms with Gasteiger partial charge in [0.1, 0.15) is 5.82 Å². The third-order valence-electron chi connectivity index (χ3n) is 1.98. The topological polar surface area (TPSA) is 17.1 Å². The summed E-state index contributed by atoms with van der Waals surface area (Å²) >= 11 is 3.04. The van der Waals surface area contributed by atoms with Crippen molar-refractivity contribution in [3.63, 3.8) is 0 Å². The lowest BCUT2D eigenvalue weighted by atomic mass is 10.1. The number of ketones is 1. The van der Waals surface area contributed by atoms with E-state index in [0.717, 1.165) is 0 Å². The average Bonchev–Trinajstić information content (AvgIpc) is 2.22. The van der Waals surface area contributed by atoms with E-state index in [1.807, 2.05) is 0 Å². The second-order valence-electron chi connectivity index (χ2n) is 3.08. The molecule has 0 aliphatic carbocycles. The number of benzene rings is 1. The van der Waals surface area contributed by atoms with Crippen LogP contribution in [0.1, 0.15) is 29.6 Å². The summed E-state index contributed by atoms with van der Waals surface area (Å²) in [6.07, 6.45) is 6.50. The van der Waals surface area contributed by atoms with Gasteiger partial charge in [0, 0.05) is 12.8 Å². The van der Waals surface area contributed by atoms with Crippen LogP contribution in [0.15, 0.2) is 22.7 Å². The molecule has 0 unspecified atom stereocenters. The second-order valence-corrected chi connectivity index (χ2v) is 3.94. The van der Waals surface area contributed by atoms with Gasteiger partial charge < -0.3 is 0 Å². The Labute approximate surface area is 96.8 Å². The van der Waals surface area contributed by atoms with E-state index in [9.17, 15) is 9.18 Å². The van der Waals surface area contributed by atoms with Crippen LogP contribution in [0.25, 0.3) is 0 Å². The summed E-state index contributed by atoms with van der Waals surface area (Å²) in [6.45, 7) is 0. The Balaban J connectivity index is 2.75. The summed E-state index contributed by atoms with van der Waals surface area (Å²) in [5.41, 5.74) is 0.126. The summed E-state index contributed by atoms with van der Waals surface area (Å²) in [7, 11) is 0. The molecule has 15 heavy (non-hydrogen) atoms. The predicted molar refractivity (Wildman–Crippen MR) is 61.1 cm³/mol. The van der Waals surface area contributed by atoms with Gasteiger partial charge in [0.2, 0.25) is 0 Å². The monoisotopic (exact) mass is 268 g/mol. The fourth-order valence-electron chi connectivity index (χ4n) is 1.20. The summed E-state index contributed by atoms with van der Waals surface area (Å²) in [5, 5.41) is 0. The van der Waals surface area contributed by atoms with Gasteiger partial charge in [0.15, 0.2) is 5.78 Å². The van der Waals surface area contributed by atoms with Crippen molar-refractivity contribution >= 4 is 21.7 Å². The standard InChI is InChI=1S/C12H10BrFO/c1-2-3-4-8-11(15)9-6-5-7-10(13)12(9)14/h1,5-7H,3-4,8H2. The first kappa shape index (κ1) is 11.9.